The predicted octanol–water partition coefficient (Wildman–Crippen LogP) is -1.42. The van der Waals surface area contributed by atoms with Gasteiger partial charge in [0.05, 0.1) is 0 Å². The molecule has 5 N–H and O–H groups in total. The van der Waals surface area contributed by atoms with E-state index in [1.54, 1.807) is 6.92 Å². The molecule has 0 saturated carbocycles. The van der Waals surface area contributed by atoms with Crippen molar-refractivity contribution < 1.29 is 49.4 Å². The van der Waals surface area contributed by atoms with Crippen LogP contribution in [0.4, 0.5) is 0 Å². The maximum Gasteiger partial charge on any atom is 1.00 e. The second-order valence-electron chi connectivity index (χ2n) is 0.964. The molecule has 5 nitrogen and oxygen atoms in total. The summed E-state index contributed by atoms with van der Waals surface area (Å²) < 4.78 is 0. The van der Waals surface area contributed by atoms with E-state index in [1.807, 2.05) is 13.8 Å². The molecule has 76 valence electrons. The van der Waals surface area contributed by atoms with E-state index < -0.39 is 18.4 Å². The van der Waals surface area contributed by atoms with Gasteiger partial charge < -0.3 is 23.3 Å². The quantitative estimate of drug-likeness (QED) is 0.290. The number of carboxylic acid groups (broad SMARTS) is 2. The van der Waals surface area contributed by atoms with Crippen molar-refractivity contribution >= 4 is 11.9 Å². The molecule has 0 aliphatic rings. The van der Waals surface area contributed by atoms with Gasteiger partial charge in [0.25, 0.3) is 0 Å². The van der Waals surface area contributed by atoms with Crippen LogP contribution in [0.25, 0.3) is 0 Å². The molecule has 0 aliphatic carbocycles. The van der Waals surface area contributed by atoms with Gasteiger partial charge in [-0.2, -0.15) is 6.92 Å². The van der Waals surface area contributed by atoms with Gasteiger partial charge in [-0.25, -0.2) is 0 Å². The van der Waals surface area contributed by atoms with E-state index in [1.165, 1.54) is 0 Å². The van der Waals surface area contributed by atoms with Crippen molar-refractivity contribution in [1.82, 2.24) is 6.15 Å². The third-order valence-corrected chi connectivity index (χ3v) is 0.302. The number of hydrogen-bond acceptors (Lipinski definition) is 3. The first kappa shape index (κ1) is 29.3. The Morgan fingerprint density at radius 2 is 1.23 bits per heavy atom. The summed E-state index contributed by atoms with van der Waals surface area (Å²) in [5.74, 6) is -2.62. The number of hydrogen-bond donors (Lipinski definition) is 3. The average molecular weight is 203 g/mol. The summed E-state index contributed by atoms with van der Waals surface area (Å²) in [5, 5.41) is 15.4. The monoisotopic (exact) mass is 203 g/mol. The molecule has 0 heterocycles. The van der Waals surface area contributed by atoms with Crippen LogP contribution in [-0.4, -0.2) is 22.2 Å². The topological polar surface area (TPSA) is 110 Å². The molecule has 0 aromatic rings. The predicted molar refractivity (Wildman–Crippen MR) is 47.3 cm³/mol. The van der Waals surface area contributed by atoms with Crippen molar-refractivity contribution in [2.24, 2.45) is 0 Å². The Kier molecular flexibility index (Phi) is 66.9. The van der Waals surface area contributed by atoms with Gasteiger partial charge in [-0.3, -0.25) is 9.59 Å². The van der Waals surface area contributed by atoms with Gasteiger partial charge >= 0.3 is 41.5 Å². The molecule has 0 amide bonds. The van der Waals surface area contributed by atoms with Gasteiger partial charge in [0.1, 0.15) is 6.42 Å². The van der Waals surface area contributed by atoms with Gasteiger partial charge in [-0.05, 0) is 0 Å². The second-order valence-corrected chi connectivity index (χ2v) is 0.964. The van der Waals surface area contributed by atoms with E-state index in [2.05, 4.69) is 6.92 Å². The zero-order chi connectivity index (χ0) is 9.86. The van der Waals surface area contributed by atoms with Crippen LogP contribution in [0.2, 0.25) is 0 Å². The minimum atomic E-state index is -1.31. The molecular weight excluding hydrogens is 185 g/mol. The Morgan fingerprint density at radius 1 is 1.08 bits per heavy atom. The molecule has 0 atom stereocenters. The third kappa shape index (κ3) is 76.7. The van der Waals surface area contributed by atoms with Crippen LogP contribution in [0.15, 0.2) is 0 Å². The first-order valence-electron chi connectivity index (χ1n) is 3.27. The van der Waals surface area contributed by atoms with E-state index >= 15 is 0 Å². The molecule has 0 saturated heterocycles. The number of aliphatic carboxylic acids is 2. The molecule has 0 bridgehead atoms. The minimum absolute atomic E-state index is 0. The first-order chi connectivity index (χ1) is 5.13. The van der Waals surface area contributed by atoms with E-state index in [0.29, 0.717) is 0 Å². The zero-order valence-electron chi connectivity index (χ0n) is 8.83. The van der Waals surface area contributed by atoms with Gasteiger partial charge in [-0.15, -0.1) is 0 Å². The molecule has 0 aromatic carbocycles. The van der Waals surface area contributed by atoms with Gasteiger partial charge in [-0.1, -0.05) is 13.8 Å². The molecule has 0 radical (unpaired) electrons. The van der Waals surface area contributed by atoms with Crippen molar-refractivity contribution in [3.63, 3.8) is 0 Å². The van der Waals surface area contributed by atoms with Crippen molar-refractivity contribution in [2.75, 3.05) is 0 Å². The number of carboxylic acids is 2. The van der Waals surface area contributed by atoms with Gasteiger partial charge in [0.2, 0.25) is 0 Å². The Balaban J connectivity index is -0.0000000315. The number of carbonyl (C=O) groups is 2. The largest absolute Gasteiger partial charge is 1.00 e. The molecule has 13 heavy (non-hydrogen) atoms. The molecule has 0 spiro atoms. The summed E-state index contributed by atoms with van der Waals surface area (Å²) in [6.07, 6.45) is -0.806. The van der Waals surface area contributed by atoms with Crippen LogP contribution in [-0.2, 0) is 9.59 Å². The normalized spacial score (nSPS) is 5.23. The van der Waals surface area contributed by atoms with Gasteiger partial charge in [0, 0.05) is 0 Å². The second kappa shape index (κ2) is 29.7. The Hall–Kier alpha value is -0.100. The fraction of sp³-hybridized carbons (Fsp3) is 0.571. The molecule has 0 aliphatic heterocycles. The molecule has 6 heteroatoms. The van der Waals surface area contributed by atoms with Crippen molar-refractivity contribution in [2.45, 2.75) is 27.2 Å². The summed E-state index contributed by atoms with van der Waals surface area (Å²) in [6, 6.07) is 0. The summed E-state index contributed by atoms with van der Waals surface area (Å²) in [5.41, 5.74) is 0. The van der Waals surface area contributed by atoms with Crippen LogP contribution >= 0.6 is 0 Å². The maximum atomic E-state index is 9.43. The fourth-order valence-corrected chi connectivity index (χ4v) is 0.129. The van der Waals surface area contributed by atoms with E-state index in [0.717, 1.165) is 0 Å². The van der Waals surface area contributed by atoms with Crippen LogP contribution in [0.3, 0.4) is 0 Å². The van der Waals surface area contributed by atoms with Crippen LogP contribution in [0.5, 0.6) is 0 Å². The Morgan fingerprint density at radius 3 is 1.23 bits per heavy atom. The standard InChI is InChI=1S/C3H4O4.C2H6.C2H5.H3N.Na/c4-2(5)1-3(6)7;2*1-2;;/h1H2,(H,4,5)(H,6,7);1-2H3;1H2,2H3;1H3;/q;;-1;;+1. The minimum Gasteiger partial charge on any atom is -0.481 e. The summed E-state index contributed by atoms with van der Waals surface area (Å²) in [6.45, 7) is 9.00. The van der Waals surface area contributed by atoms with Crippen LogP contribution in [0.1, 0.15) is 27.2 Å². The van der Waals surface area contributed by atoms with E-state index in [9.17, 15) is 9.59 Å². The smallest absolute Gasteiger partial charge is 0.481 e. The summed E-state index contributed by atoms with van der Waals surface area (Å²) in [4.78, 5) is 18.9. The van der Waals surface area contributed by atoms with Crippen molar-refractivity contribution in [1.29, 1.82) is 0 Å². The summed E-state index contributed by atoms with van der Waals surface area (Å²) in [7, 11) is 0. The van der Waals surface area contributed by atoms with E-state index in [-0.39, 0.29) is 35.7 Å². The molecular formula is C7H18NNaO4. The SMILES string of the molecule is CC.N.O=C(O)CC(=O)O.[CH2-]C.[Na+]. The van der Waals surface area contributed by atoms with Crippen molar-refractivity contribution in [3.8, 4) is 0 Å². The average Bonchev–Trinajstić information content (AvgIpc) is 1.93. The van der Waals surface area contributed by atoms with Crippen molar-refractivity contribution in [3.05, 3.63) is 6.92 Å². The van der Waals surface area contributed by atoms with Crippen LogP contribution in [0, 0.1) is 6.92 Å². The molecule has 0 rings (SSSR count). The Bertz CT molecular complexity index is 96.7. The Labute approximate surface area is 101 Å². The first-order valence-corrected chi connectivity index (χ1v) is 3.27. The third-order valence-electron chi connectivity index (χ3n) is 0.302. The summed E-state index contributed by atoms with van der Waals surface area (Å²) >= 11 is 0. The van der Waals surface area contributed by atoms with E-state index in [4.69, 9.17) is 10.2 Å². The number of rotatable bonds is 2. The van der Waals surface area contributed by atoms with Crippen LogP contribution < -0.4 is 35.7 Å². The molecule has 0 aromatic heterocycles. The molecule has 0 unspecified atom stereocenters. The molecule has 0 fully saturated rings. The zero-order valence-corrected chi connectivity index (χ0v) is 10.8. The van der Waals surface area contributed by atoms with Gasteiger partial charge in [0.15, 0.2) is 0 Å². The fourth-order valence-electron chi connectivity index (χ4n) is 0.129. The maximum absolute atomic E-state index is 9.43.